The molecular formula is C22H16ClFN2O6. The number of rotatable bonds is 8. The second-order valence-corrected chi connectivity index (χ2v) is 6.90. The molecule has 0 aliphatic carbocycles. The lowest BCUT2D eigenvalue weighted by molar-refractivity contribution is -0.387. The molecular weight excluding hydrogens is 443 g/mol. The number of para-hydroxylation sites is 1. The molecule has 0 aromatic heterocycles. The maximum Gasteiger partial charge on any atom is 0.342 e. The van der Waals surface area contributed by atoms with Gasteiger partial charge in [-0.3, -0.25) is 14.9 Å². The van der Waals surface area contributed by atoms with E-state index in [9.17, 15) is 24.1 Å². The molecule has 0 unspecified atom stereocenters. The maximum atomic E-state index is 13.4. The van der Waals surface area contributed by atoms with Gasteiger partial charge in [-0.25, -0.2) is 4.79 Å². The molecule has 3 rings (SSSR count). The van der Waals surface area contributed by atoms with Crippen LogP contribution < -0.4 is 10.1 Å². The third kappa shape index (κ3) is 6.02. The van der Waals surface area contributed by atoms with Gasteiger partial charge in [0.15, 0.2) is 6.61 Å². The maximum absolute atomic E-state index is 13.4. The molecule has 0 atom stereocenters. The molecule has 0 heterocycles. The van der Waals surface area contributed by atoms with E-state index in [0.29, 0.717) is 5.02 Å². The average Bonchev–Trinajstić information content (AvgIpc) is 2.78. The number of nitrogens with one attached hydrogen (secondary N) is 1. The van der Waals surface area contributed by atoms with E-state index in [4.69, 9.17) is 21.1 Å². The minimum atomic E-state index is -1.03. The fraction of sp³-hybridized carbons (Fsp3) is 0.0909. The van der Waals surface area contributed by atoms with Crippen LogP contribution >= 0.6 is 11.6 Å². The number of carbonyl (C=O) groups is 2. The van der Waals surface area contributed by atoms with E-state index in [1.165, 1.54) is 6.07 Å². The molecule has 0 aliphatic rings. The van der Waals surface area contributed by atoms with Gasteiger partial charge in [-0.05, 0) is 42.0 Å². The molecule has 10 heteroatoms. The van der Waals surface area contributed by atoms with Crippen LogP contribution in [0.25, 0.3) is 0 Å². The van der Waals surface area contributed by atoms with Gasteiger partial charge in [-0.2, -0.15) is 4.39 Å². The van der Waals surface area contributed by atoms with Crippen molar-refractivity contribution in [2.24, 2.45) is 0 Å². The van der Waals surface area contributed by atoms with Gasteiger partial charge in [0.05, 0.1) is 4.92 Å². The number of nitrogens with zero attached hydrogens (tertiary/aromatic N) is 1. The summed E-state index contributed by atoms with van der Waals surface area (Å²) < 4.78 is 24.1. The minimum absolute atomic E-state index is 0.00848. The first kappa shape index (κ1) is 22.7. The Balaban J connectivity index is 1.59. The Labute approximate surface area is 186 Å². The molecule has 0 bridgehead atoms. The number of carbonyl (C=O) groups excluding carboxylic acids is 2. The quantitative estimate of drug-likeness (QED) is 0.296. The van der Waals surface area contributed by atoms with Gasteiger partial charge in [0.2, 0.25) is 5.82 Å². The second-order valence-electron chi connectivity index (χ2n) is 6.46. The van der Waals surface area contributed by atoms with Gasteiger partial charge < -0.3 is 14.8 Å². The van der Waals surface area contributed by atoms with Crippen LogP contribution in [0.3, 0.4) is 0 Å². The van der Waals surface area contributed by atoms with Crippen molar-refractivity contribution in [2.75, 3.05) is 11.9 Å². The van der Waals surface area contributed by atoms with E-state index in [2.05, 4.69) is 5.32 Å². The molecule has 0 radical (unpaired) electrons. The number of nitro benzene ring substituents is 1. The van der Waals surface area contributed by atoms with Gasteiger partial charge in [0.25, 0.3) is 5.91 Å². The number of amides is 1. The summed E-state index contributed by atoms with van der Waals surface area (Å²) >= 11 is 5.85. The molecule has 164 valence electrons. The first-order chi connectivity index (χ1) is 15.3. The highest BCUT2D eigenvalue weighted by atomic mass is 35.5. The summed E-state index contributed by atoms with van der Waals surface area (Å²) in [5.74, 6) is -2.31. The lowest BCUT2D eigenvalue weighted by Gasteiger charge is -2.11. The summed E-state index contributed by atoms with van der Waals surface area (Å²) in [4.78, 5) is 34.3. The number of nitro groups is 1. The van der Waals surface area contributed by atoms with Crippen LogP contribution in [0.1, 0.15) is 15.9 Å². The number of halogens is 2. The van der Waals surface area contributed by atoms with E-state index < -0.39 is 34.9 Å². The van der Waals surface area contributed by atoms with Crippen molar-refractivity contribution in [3.8, 4) is 5.75 Å². The van der Waals surface area contributed by atoms with Crippen LogP contribution in [0.2, 0.25) is 5.02 Å². The number of esters is 1. The normalized spacial score (nSPS) is 10.3. The first-order valence-corrected chi connectivity index (χ1v) is 9.58. The average molecular weight is 459 g/mol. The predicted octanol–water partition coefficient (Wildman–Crippen LogP) is 4.76. The summed E-state index contributed by atoms with van der Waals surface area (Å²) in [5, 5.41) is 13.7. The summed E-state index contributed by atoms with van der Waals surface area (Å²) in [6.45, 7) is -0.471. The molecule has 0 saturated carbocycles. The molecule has 1 amide bonds. The topological polar surface area (TPSA) is 108 Å². The number of benzene rings is 3. The Morgan fingerprint density at radius 2 is 1.78 bits per heavy atom. The second kappa shape index (κ2) is 10.4. The largest absolute Gasteiger partial charge is 0.488 e. The van der Waals surface area contributed by atoms with Crippen LogP contribution in [0.15, 0.2) is 66.7 Å². The van der Waals surface area contributed by atoms with Crippen LogP contribution in [0.5, 0.6) is 5.75 Å². The van der Waals surface area contributed by atoms with E-state index in [-0.39, 0.29) is 23.6 Å². The summed E-state index contributed by atoms with van der Waals surface area (Å²) in [6.07, 6.45) is 0. The lowest BCUT2D eigenvalue weighted by Crippen LogP contribution is -2.21. The van der Waals surface area contributed by atoms with Crippen molar-refractivity contribution in [1.29, 1.82) is 0 Å². The Hall–Kier alpha value is -3.98. The van der Waals surface area contributed by atoms with Gasteiger partial charge >= 0.3 is 11.7 Å². The highest BCUT2D eigenvalue weighted by molar-refractivity contribution is 6.30. The smallest absolute Gasteiger partial charge is 0.342 e. The van der Waals surface area contributed by atoms with E-state index in [0.717, 1.165) is 23.8 Å². The molecule has 32 heavy (non-hydrogen) atoms. The molecule has 0 aliphatic heterocycles. The Kier molecular flexibility index (Phi) is 7.35. The number of anilines is 1. The van der Waals surface area contributed by atoms with Crippen molar-refractivity contribution in [1.82, 2.24) is 0 Å². The number of hydrogen-bond donors (Lipinski definition) is 1. The third-order valence-electron chi connectivity index (χ3n) is 4.18. The number of hydrogen-bond acceptors (Lipinski definition) is 6. The van der Waals surface area contributed by atoms with E-state index in [1.54, 1.807) is 42.5 Å². The molecule has 1 N–H and O–H groups in total. The highest BCUT2D eigenvalue weighted by Gasteiger charge is 2.18. The molecule has 3 aromatic carbocycles. The standard InChI is InChI=1S/C22H16ClFN2O6/c23-15-7-5-14(6-8-15)12-31-20-4-2-1-3-17(20)22(28)32-13-21(27)25-16-9-10-18(24)19(11-16)26(29)30/h1-11H,12-13H2,(H,25,27). The zero-order valence-electron chi connectivity index (χ0n) is 16.4. The summed E-state index contributed by atoms with van der Waals surface area (Å²) in [7, 11) is 0. The van der Waals surface area contributed by atoms with E-state index >= 15 is 0 Å². The van der Waals surface area contributed by atoms with Crippen LogP contribution in [-0.4, -0.2) is 23.4 Å². The fourth-order valence-corrected chi connectivity index (χ4v) is 2.77. The van der Waals surface area contributed by atoms with Crippen LogP contribution in [0.4, 0.5) is 15.8 Å². The monoisotopic (exact) mass is 458 g/mol. The van der Waals surface area contributed by atoms with Crippen molar-refractivity contribution >= 4 is 34.9 Å². The van der Waals surface area contributed by atoms with Crippen molar-refractivity contribution < 1.29 is 28.4 Å². The van der Waals surface area contributed by atoms with Gasteiger partial charge in [-0.15, -0.1) is 0 Å². The molecule has 0 fully saturated rings. The lowest BCUT2D eigenvalue weighted by atomic mass is 10.2. The zero-order chi connectivity index (χ0) is 23.1. The SMILES string of the molecule is O=C(COC(=O)c1ccccc1OCc1ccc(Cl)cc1)Nc1ccc(F)c([N+](=O)[O-])c1. The summed E-state index contributed by atoms with van der Waals surface area (Å²) in [6, 6.07) is 16.3. The predicted molar refractivity (Wildman–Crippen MR) is 114 cm³/mol. The molecule has 8 nitrogen and oxygen atoms in total. The summed E-state index contributed by atoms with van der Waals surface area (Å²) in [5.41, 5.74) is 0.162. The molecule has 3 aromatic rings. The van der Waals surface area contributed by atoms with Crippen LogP contribution in [-0.2, 0) is 16.1 Å². The Morgan fingerprint density at radius 3 is 2.50 bits per heavy atom. The van der Waals surface area contributed by atoms with Crippen molar-refractivity contribution in [2.45, 2.75) is 6.61 Å². The molecule has 0 saturated heterocycles. The van der Waals surface area contributed by atoms with Crippen molar-refractivity contribution in [3.63, 3.8) is 0 Å². The van der Waals surface area contributed by atoms with Crippen molar-refractivity contribution in [3.05, 3.63) is 98.8 Å². The number of ether oxygens (including phenoxy) is 2. The Morgan fingerprint density at radius 1 is 1.06 bits per heavy atom. The Bertz CT molecular complexity index is 1150. The fourth-order valence-electron chi connectivity index (χ4n) is 2.64. The van der Waals surface area contributed by atoms with Gasteiger partial charge in [0, 0.05) is 16.8 Å². The van der Waals surface area contributed by atoms with Crippen LogP contribution in [0, 0.1) is 15.9 Å². The molecule has 0 spiro atoms. The zero-order valence-corrected chi connectivity index (χ0v) is 17.2. The van der Waals surface area contributed by atoms with E-state index in [1.807, 2.05) is 0 Å². The van der Waals surface area contributed by atoms with Gasteiger partial charge in [0.1, 0.15) is 17.9 Å². The first-order valence-electron chi connectivity index (χ1n) is 9.20. The highest BCUT2D eigenvalue weighted by Crippen LogP contribution is 2.23. The van der Waals surface area contributed by atoms with Gasteiger partial charge in [-0.1, -0.05) is 35.9 Å². The third-order valence-corrected chi connectivity index (χ3v) is 4.43. The minimum Gasteiger partial charge on any atom is -0.488 e.